The summed E-state index contributed by atoms with van der Waals surface area (Å²) in [6, 6.07) is 30.1. The molecular weight excluding hydrogens is 1150 g/mol. The third kappa shape index (κ3) is 8.61. The molecule has 6 saturated carbocycles. The van der Waals surface area contributed by atoms with Crippen molar-refractivity contribution in [2.24, 2.45) is 96.6 Å². The fraction of sp³-hybridized carbons (Fsp3) is 0.598. The lowest BCUT2D eigenvalue weighted by atomic mass is 9.29. The van der Waals surface area contributed by atoms with Crippen molar-refractivity contribution in [3.05, 3.63) is 182 Å². The number of dihydropyridines is 1. The molecule has 14 bridgehead atoms. The molecule has 6 N–H and O–H groups in total. The van der Waals surface area contributed by atoms with Crippen LogP contribution in [0.2, 0.25) is 0 Å². The minimum absolute atomic E-state index is 0.0721. The van der Waals surface area contributed by atoms with E-state index in [-0.39, 0.29) is 51.2 Å². The molecule has 0 amide bonds. The minimum Gasteiger partial charge on any atom is -0.516 e. The maximum atomic E-state index is 15.4. The molecule has 6 fully saturated rings. The summed E-state index contributed by atoms with van der Waals surface area (Å²) < 4.78 is 0. The number of hydrogen-bond donors (Lipinski definition) is 6. The van der Waals surface area contributed by atoms with E-state index in [9.17, 15) is 20.4 Å². The van der Waals surface area contributed by atoms with Crippen LogP contribution in [0.15, 0.2) is 155 Å². The van der Waals surface area contributed by atoms with E-state index >= 15 is 4.79 Å². The Morgan fingerprint density at radius 3 is 2.38 bits per heavy atom. The zero-order valence-electron chi connectivity index (χ0n) is 57.2. The molecule has 16 unspecified atom stereocenters. The van der Waals surface area contributed by atoms with E-state index in [4.69, 9.17) is 0 Å². The van der Waals surface area contributed by atoms with Gasteiger partial charge in [0.2, 0.25) is 0 Å². The number of aliphatic hydroxyl groups excluding tert-OH is 3. The molecule has 3 aromatic rings. The van der Waals surface area contributed by atoms with E-state index in [1.165, 1.54) is 114 Å². The highest BCUT2D eigenvalue weighted by atomic mass is 16.4. The first kappa shape index (κ1) is 61.9. The SMILES string of the molecule is CC(C)CC1=CCC2(C)C(O)CCC34C5=C6CC1(C=C1C(=c7ccccc7=CC13)Cc1cccc(c1)C1=CC=C(NCCCC(C3CCCCC3)C(=CO)CCC(C(=O)O)C37C=CC8C(CC9(CCCC9)C89CCC(Cc8ccccc8)C9)C6(CC3O)C7(C)CC5)NC1)C24. The van der Waals surface area contributed by atoms with Gasteiger partial charge in [-0.2, -0.15) is 0 Å². The van der Waals surface area contributed by atoms with Crippen molar-refractivity contribution < 1.29 is 25.2 Å². The third-order valence-electron chi connectivity index (χ3n) is 31.0. The Hall–Kier alpha value is -5.63. The van der Waals surface area contributed by atoms with E-state index < -0.39 is 45.8 Å². The largest absolute Gasteiger partial charge is 0.516 e. The van der Waals surface area contributed by atoms with E-state index in [1.54, 1.807) is 16.7 Å². The van der Waals surface area contributed by atoms with Gasteiger partial charge >= 0.3 is 5.97 Å². The molecule has 16 atom stereocenters. The van der Waals surface area contributed by atoms with E-state index in [1.807, 2.05) is 0 Å². The quantitative estimate of drug-likeness (QED) is 0.107. The molecule has 4 spiro atoms. The van der Waals surface area contributed by atoms with Crippen LogP contribution < -0.4 is 21.1 Å². The van der Waals surface area contributed by atoms with E-state index in [2.05, 4.69) is 160 Å². The average molecular weight is 1260 g/mol. The van der Waals surface area contributed by atoms with Crippen LogP contribution in [-0.4, -0.2) is 51.7 Å². The molecule has 7 heteroatoms. The zero-order valence-corrected chi connectivity index (χ0v) is 57.2. The third-order valence-corrected chi connectivity index (χ3v) is 31.0. The van der Waals surface area contributed by atoms with Gasteiger partial charge in [0.15, 0.2) is 0 Å². The van der Waals surface area contributed by atoms with Gasteiger partial charge in [-0.05, 0) is 254 Å². The van der Waals surface area contributed by atoms with Crippen molar-refractivity contribution in [2.45, 2.75) is 213 Å². The van der Waals surface area contributed by atoms with Gasteiger partial charge in [-0.1, -0.05) is 192 Å². The van der Waals surface area contributed by atoms with Gasteiger partial charge in [0, 0.05) is 46.1 Å². The number of fused-ring (bicyclic) bond motifs is 4. The molecule has 496 valence electrons. The molecule has 6 heterocycles. The monoisotopic (exact) mass is 1260 g/mol. The lowest BCUT2D eigenvalue weighted by Crippen LogP contribution is -2.69. The highest BCUT2D eigenvalue weighted by Gasteiger charge is 2.83. The number of carboxylic acid groups (broad SMARTS) is 1. The molecular formula is C87H108N2O5. The maximum Gasteiger partial charge on any atom is 0.307 e. The molecule has 12 aliphatic carbocycles. The molecule has 0 saturated heterocycles. The zero-order chi connectivity index (χ0) is 64.2. The van der Waals surface area contributed by atoms with E-state index in [0.29, 0.717) is 37.0 Å². The number of aliphatic carboxylic acids is 1. The number of rotatable bonds is 6. The molecule has 0 aromatic heterocycles. The normalized spacial score (nSPS) is 41.3. The number of carbonyl (C=O) groups is 1. The summed E-state index contributed by atoms with van der Waals surface area (Å²) in [5.74, 6) is 1.72. The van der Waals surface area contributed by atoms with Gasteiger partial charge in [0.1, 0.15) is 0 Å². The number of nitrogens with one attached hydrogen (secondary N) is 2. The number of carboxylic acids is 1. The maximum absolute atomic E-state index is 15.4. The highest BCUT2D eigenvalue weighted by molar-refractivity contribution is 5.78. The topological polar surface area (TPSA) is 122 Å². The number of hydrogen-bond acceptors (Lipinski definition) is 6. The van der Waals surface area contributed by atoms with Gasteiger partial charge in [0.25, 0.3) is 0 Å². The van der Waals surface area contributed by atoms with Gasteiger partial charge in [-0.25, -0.2) is 0 Å². The molecule has 94 heavy (non-hydrogen) atoms. The summed E-state index contributed by atoms with van der Waals surface area (Å²) in [6.45, 7) is 11.5. The smallest absolute Gasteiger partial charge is 0.307 e. The first-order valence-electron chi connectivity index (χ1n) is 38.2. The van der Waals surface area contributed by atoms with Crippen LogP contribution in [0.1, 0.15) is 205 Å². The molecule has 3 aromatic carbocycles. The van der Waals surface area contributed by atoms with Crippen LogP contribution in [0, 0.1) is 96.6 Å². The van der Waals surface area contributed by atoms with Gasteiger partial charge < -0.3 is 31.1 Å². The van der Waals surface area contributed by atoms with Crippen molar-refractivity contribution in [3.8, 4) is 0 Å². The molecule has 21 rings (SSSR count). The van der Waals surface area contributed by atoms with Crippen LogP contribution in [0.5, 0.6) is 0 Å². The van der Waals surface area contributed by atoms with Crippen LogP contribution in [-0.2, 0) is 17.6 Å². The molecule has 6 aliphatic heterocycles. The predicted octanol–water partition coefficient (Wildman–Crippen LogP) is 16.9. The standard InChI is InChI=1S/C87H108N2O5/c1-55(2)43-64-31-37-80(3)75(91)34-40-85-70-32-38-81(4)86-41-33-69-73(50-82(35-13-14-36-82)84(69)39-30-58(48-84)44-56-17-7-5-8-18-56)87(81,52-76(86)92)74(70)51-83(64,79(80)85)49-68-67(66-24-12-11-22-61(66)47-72(68)85)46-57-19-15-23-60(45-57)62-27-29-77(89-53-62)88-42-16-25-65(59-20-9-6-10-21-59)63(54-90)26-28-71(86)78(93)94/h5,7-8,11-12,15,17-19,22-24,27,29,31,33,41,45,47,49,54-55,58-59,65,69,71-73,75-76,79,88-92H,6,9-10,13-14,16,20-21,25-26,28,30,32,34-40,42-44,46,48,50-53H2,1-4H3,(H,93,94). The van der Waals surface area contributed by atoms with Crippen LogP contribution >= 0.6 is 0 Å². The molecule has 0 radical (unpaired) electrons. The van der Waals surface area contributed by atoms with Crippen molar-refractivity contribution in [1.82, 2.24) is 10.6 Å². The number of allylic oxidation sites excluding steroid dienone is 10. The van der Waals surface area contributed by atoms with Crippen LogP contribution in [0.3, 0.4) is 0 Å². The van der Waals surface area contributed by atoms with E-state index in [0.717, 1.165) is 114 Å². The Morgan fingerprint density at radius 2 is 1.60 bits per heavy atom. The fourth-order valence-corrected chi connectivity index (χ4v) is 27.6. The second-order valence-electron chi connectivity index (χ2n) is 34.9. The summed E-state index contributed by atoms with van der Waals surface area (Å²) in [7, 11) is 0. The highest BCUT2D eigenvalue weighted by Crippen LogP contribution is 2.88. The van der Waals surface area contributed by atoms with Gasteiger partial charge in [-0.3, -0.25) is 4.79 Å². The van der Waals surface area contributed by atoms with Crippen LogP contribution in [0.4, 0.5) is 0 Å². The first-order chi connectivity index (χ1) is 45.6. The lowest BCUT2D eigenvalue weighted by molar-refractivity contribution is -0.171. The van der Waals surface area contributed by atoms with Crippen molar-refractivity contribution >= 4 is 23.2 Å². The fourth-order valence-electron chi connectivity index (χ4n) is 27.6. The summed E-state index contributed by atoms with van der Waals surface area (Å²) in [5, 5.41) is 62.2. The Kier molecular flexibility index (Phi) is 15.0. The summed E-state index contributed by atoms with van der Waals surface area (Å²) in [5.41, 5.74) is 11.2. The Labute approximate surface area is 561 Å². The second-order valence-corrected chi connectivity index (χ2v) is 34.9. The molecule has 18 aliphatic rings. The summed E-state index contributed by atoms with van der Waals surface area (Å²) in [4.78, 5) is 15.4. The van der Waals surface area contributed by atoms with Crippen molar-refractivity contribution in [3.63, 3.8) is 0 Å². The minimum atomic E-state index is -1.06. The molecule has 7 nitrogen and oxygen atoms in total. The van der Waals surface area contributed by atoms with Crippen molar-refractivity contribution in [2.75, 3.05) is 13.1 Å². The van der Waals surface area contributed by atoms with Crippen molar-refractivity contribution in [1.29, 1.82) is 0 Å². The van der Waals surface area contributed by atoms with Gasteiger partial charge in [-0.15, -0.1) is 0 Å². The van der Waals surface area contributed by atoms with Gasteiger partial charge in [0.05, 0.1) is 30.2 Å². The lowest BCUT2D eigenvalue weighted by Gasteiger charge is -2.74. The Bertz CT molecular complexity index is 3900. The summed E-state index contributed by atoms with van der Waals surface area (Å²) in [6.07, 6.45) is 45.4. The Morgan fingerprint density at radius 1 is 0.777 bits per heavy atom. The summed E-state index contributed by atoms with van der Waals surface area (Å²) >= 11 is 0. The average Bonchev–Trinajstić information content (AvgIpc) is 1.28. The second kappa shape index (κ2) is 22.7. The number of benzene rings is 3. The van der Waals surface area contributed by atoms with Crippen LogP contribution in [0.25, 0.3) is 17.2 Å². The predicted molar refractivity (Wildman–Crippen MR) is 378 cm³/mol. The number of aliphatic hydroxyl groups is 3. The first-order valence-corrected chi connectivity index (χ1v) is 38.2. The Balaban J connectivity index is 0.921.